The van der Waals surface area contributed by atoms with E-state index in [0.717, 1.165) is 34.8 Å². The van der Waals surface area contributed by atoms with Gasteiger partial charge in [-0.25, -0.2) is 26.3 Å². The summed E-state index contributed by atoms with van der Waals surface area (Å²) in [6.07, 6.45) is 2.28. The van der Waals surface area contributed by atoms with Crippen LogP contribution in [0.5, 0.6) is 0 Å². The predicted octanol–water partition coefficient (Wildman–Crippen LogP) is 6.56. The summed E-state index contributed by atoms with van der Waals surface area (Å²) in [4.78, 5) is 0. The number of hydrogen-bond acceptors (Lipinski definition) is 6. The van der Waals surface area contributed by atoms with Crippen molar-refractivity contribution in [3.63, 3.8) is 0 Å². The molecule has 0 aliphatic heterocycles. The first-order chi connectivity index (χ1) is 23.1. The van der Waals surface area contributed by atoms with Crippen LogP contribution in [0.15, 0.2) is 140 Å². The van der Waals surface area contributed by atoms with Gasteiger partial charge in [0.05, 0.1) is 36.7 Å². The Hall–Kier alpha value is -3.54. The smallest absolute Gasteiger partial charge is 0.209 e. The van der Waals surface area contributed by atoms with Crippen molar-refractivity contribution in [2.75, 3.05) is 12.5 Å². The Bertz CT molecular complexity index is 1760. The molecule has 8 nitrogen and oxygen atoms in total. The van der Waals surface area contributed by atoms with E-state index in [2.05, 4.69) is 48.4 Å². The van der Waals surface area contributed by atoms with Crippen molar-refractivity contribution < 1.29 is 36.3 Å². The van der Waals surface area contributed by atoms with Crippen LogP contribution >= 0.6 is 0 Å². The van der Waals surface area contributed by atoms with Gasteiger partial charge in [0.2, 0.25) is 20.0 Å². The van der Waals surface area contributed by atoms with Crippen molar-refractivity contribution in [3.05, 3.63) is 178 Å². The van der Waals surface area contributed by atoms with Crippen molar-refractivity contribution in [1.29, 1.82) is 0 Å². The zero-order valence-electron chi connectivity index (χ0n) is 29.0. The number of nitrogens with two attached hydrogens (primary N) is 2. The maximum atomic E-state index is 11.6. The topological polar surface area (TPSA) is 144 Å². The van der Waals surface area contributed by atoms with Gasteiger partial charge in [-0.15, -0.1) is 0 Å². The summed E-state index contributed by atoms with van der Waals surface area (Å²) in [6, 6.07) is 42.3. The molecule has 0 unspecified atom stereocenters. The van der Waals surface area contributed by atoms with Crippen molar-refractivity contribution >= 4 is 20.0 Å². The van der Waals surface area contributed by atoms with E-state index in [1.807, 2.05) is 121 Å². The molecule has 5 aromatic carbocycles. The third-order valence-electron chi connectivity index (χ3n) is 7.45. The quantitative estimate of drug-likeness (QED) is 0.118. The summed E-state index contributed by atoms with van der Waals surface area (Å²) >= 11 is 0. The molecule has 0 spiro atoms. The number of sulfonamides is 2. The summed E-state index contributed by atoms with van der Waals surface area (Å²) in [5.41, 5.74) is 20.0. The Morgan fingerprint density at radius 3 is 0.880 bits per heavy atom. The number of aryl methyl sites for hydroxylation is 3. The molecule has 0 saturated carbocycles. The molecule has 4 atom stereocenters. The molecule has 5 aromatic rings. The average molecular weight is 802 g/mol. The minimum Gasteiger partial charge on any atom is -0.322 e. The average Bonchev–Trinajstić information content (AvgIpc) is 3.06. The molecule has 0 bridgehead atoms. The van der Waals surface area contributed by atoms with Crippen LogP contribution < -0.4 is 20.9 Å². The Morgan fingerprint density at radius 1 is 0.440 bits per heavy atom. The van der Waals surface area contributed by atoms with E-state index >= 15 is 0 Å². The Labute approximate surface area is 311 Å². The molecule has 0 aromatic heterocycles. The van der Waals surface area contributed by atoms with Gasteiger partial charge in [-0.2, -0.15) is 0 Å². The van der Waals surface area contributed by atoms with Gasteiger partial charge in [-0.1, -0.05) is 156 Å². The first-order valence-electron chi connectivity index (χ1n) is 15.8. The van der Waals surface area contributed by atoms with Crippen LogP contribution in [0.25, 0.3) is 0 Å². The first kappa shape index (κ1) is 42.6. The maximum Gasteiger partial charge on any atom is 0.209 e. The van der Waals surface area contributed by atoms with Gasteiger partial charge >= 0.3 is 0 Å². The molecule has 11 heteroatoms. The Morgan fingerprint density at radius 2 is 0.660 bits per heavy atom. The molecule has 50 heavy (non-hydrogen) atoms. The Kier molecular flexibility index (Phi) is 17.3. The number of rotatable bonds is 10. The van der Waals surface area contributed by atoms with E-state index in [9.17, 15) is 16.8 Å². The van der Waals surface area contributed by atoms with E-state index in [-0.39, 0.29) is 19.5 Å². The summed E-state index contributed by atoms with van der Waals surface area (Å²) in [5.74, 6) is 0. The molecule has 0 saturated heterocycles. The van der Waals surface area contributed by atoms with E-state index in [1.54, 1.807) is 0 Å². The molecule has 0 aliphatic rings. The summed E-state index contributed by atoms with van der Waals surface area (Å²) in [7, 11) is -6.71. The minimum absolute atomic E-state index is 0. The van der Waals surface area contributed by atoms with Crippen molar-refractivity contribution in [1.82, 2.24) is 9.44 Å². The fourth-order valence-electron chi connectivity index (χ4n) is 5.42. The maximum absolute atomic E-state index is 11.6. The van der Waals surface area contributed by atoms with Crippen LogP contribution in [0.1, 0.15) is 63.1 Å². The van der Waals surface area contributed by atoms with E-state index in [4.69, 9.17) is 11.5 Å². The molecule has 268 valence electrons. The summed E-state index contributed by atoms with van der Waals surface area (Å²) in [5, 5.41) is 0. The second kappa shape index (κ2) is 20.3. The molecule has 6 N–H and O–H groups in total. The molecular formula is C39H48N4O4RuS2. The molecule has 0 fully saturated rings. The summed E-state index contributed by atoms with van der Waals surface area (Å²) < 4.78 is 51.6. The minimum atomic E-state index is -3.35. The van der Waals surface area contributed by atoms with Crippen LogP contribution in [0.4, 0.5) is 0 Å². The molecule has 0 aliphatic carbocycles. The third-order valence-corrected chi connectivity index (χ3v) is 8.82. The van der Waals surface area contributed by atoms with Crippen molar-refractivity contribution in [2.45, 2.75) is 44.9 Å². The largest absolute Gasteiger partial charge is 0.322 e. The zero-order chi connectivity index (χ0) is 36.0. The number of benzene rings is 5. The van der Waals surface area contributed by atoms with Gasteiger partial charge in [-0.05, 0) is 43.0 Å². The van der Waals surface area contributed by atoms with Crippen LogP contribution in [0, 0.1) is 20.8 Å². The monoisotopic (exact) mass is 802 g/mol. The second-order valence-corrected chi connectivity index (χ2v) is 15.7. The van der Waals surface area contributed by atoms with E-state index < -0.39 is 44.2 Å². The Balaban J connectivity index is 0.000000275. The van der Waals surface area contributed by atoms with E-state index in [1.165, 1.54) is 16.7 Å². The zero-order valence-corrected chi connectivity index (χ0v) is 32.4. The molecule has 0 heterocycles. The molecule has 0 radical (unpaired) electrons. The van der Waals surface area contributed by atoms with Gasteiger partial charge in [0.1, 0.15) is 0 Å². The van der Waals surface area contributed by atoms with Crippen LogP contribution in [-0.4, -0.2) is 29.3 Å². The van der Waals surface area contributed by atoms with Gasteiger partial charge in [-0.3, -0.25) is 0 Å². The van der Waals surface area contributed by atoms with Crippen LogP contribution in [-0.2, 0) is 39.5 Å². The first-order valence-corrected chi connectivity index (χ1v) is 19.6. The van der Waals surface area contributed by atoms with Crippen LogP contribution in [0.3, 0.4) is 0 Å². The molecule has 5 rings (SSSR count). The standard InChI is InChI=1S/2C15H18N2O2S.C9H12.Ru/c2*1-20(18,19)17-15(13-10-6-3-7-11-13)14(16)12-8-4-2-5-9-12;1-7-4-8(2)6-9(3)5-7;/h2*2-11,14-15,17H,16H2,1H3;4-6H,1-3H3;/t2*14-,15-;;/m00../s1. The number of nitrogens with one attached hydrogen (secondary N) is 2. The van der Waals surface area contributed by atoms with Crippen molar-refractivity contribution in [3.8, 4) is 0 Å². The third kappa shape index (κ3) is 15.1. The molecule has 0 amide bonds. The van der Waals surface area contributed by atoms with Crippen LogP contribution in [0.2, 0.25) is 0 Å². The summed E-state index contributed by atoms with van der Waals surface area (Å²) in [6.45, 7) is 6.38. The van der Waals surface area contributed by atoms with Gasteiger partial charge in [0.25, 0.3) is 0 Å². The molecular weight excluding hydrogens is 754 g/mol. The SMILES string of the molecule is CS(=O)(=O)N[C@@H](c1ccccc1)[C@@H](N)c1ccccc1.CS(=O)(=O)N[C@@H](c1ccccc1)[C@@H](N)c1ccccc1.Cc1cc(C)cc(C)c1.[Ru]. The predicted molar refractivity (Wildman–Crippen MR) is 202 cm³/mol. The fourth-order valence-corrected chi connectivity index (χ4v) is 6.91. The van der Waals surface area contributed by atoms with Crippen molar-refractivity contribution in [2.24, 2.45) is 11.5 Å². The fraction of sp³-hybridized carbons (Fsp3) is 0.231. The van der Waals surface area contributed by atoms with E-state index in [0.29, 0.717) is 0 Å². The number of hydrogen-bond donors (Lipinski definition) is 4. The second-order valence-electron chi connectivity index (χ2n) is 12.1. The van der Waals surface area contributed by atoms with Gasteiger partial charge in [0, 0.05) is 19.5 Å². The van der Waals surface area contributed by atoms with Gasteiger partial charge < -0.3 is 11.5 Å². The van der Waals surface area contributed by atoms with Gasteiger partial charge in [0.15, 0.2) is 0 Å². The normalized spacial score (nSPS) is 13.5.